The molecule has 6 heteroatoms. The van der Waals surface area contributed by atoms with Crippen molar-refractivity contribution in [3.8, 4) is 6.07 Å². The van der Waals surface area contributed by atoms with Gasteiger partial charge in [-0.15, -0.1) is 0 Å². The molecule has 1 aromatic heterocycles. The Hall–Kier alpha value is -1.80. The number of carboxylic acid groups (broad SMARTS) is 1. The summed E-state index contributed by atoms with van der Waals surface area (Å²) in [6.45, 7) is 1.74. The molecular weight excluding hydrogens is 278 g/mol. The van der Waals surface area contributed by atoms with E-state index in [4.69, 9.17) is 16.9 Å². The molecule has 1 fully saturated rings. The second kappa shape index (κ2) is 5.68. The summed E-state index contributed by atoms with van der Waals surface area (Å²) in [5, 5.41) is 21.8. The number of hydrogen-bond donors (Lipinski definition) is 2. The van der Waals surface area contributed by atoms with E-state index in [9.17, 15) is 9.90 Å². The molecule has 0 radical (unpaired) electrons. The third kappa shape index (κ3) is 2.56. The first kappa shape index (κ1) is 14.6. The lowest BCUT2D eigenvalue weighted by molar-refractivity contribution is -0.150. The predicted molar refractivity (Wildman–Crippen MR) is 75.6 cm³/mol. The van der Waals surface area contributed by atoms with E-state index in [1.54, 1.807) is 6.92 Å². The molecule has 0 spiro atoms. The Labute approximate surface area is 122 Å². The SMILES string of the molecule is CC1(C(=O)O)CCCCC1Nc1nccc(C#N)c1Cl. The quantitative estimate of drug-likeness (QED) is 0.894. The summed E-state index contributed by atoms with van der Waals surface area (Å²) in [5.74, 6) is -0.438. The van der Waals surface area contributed by atoms with Gasteiger partial charge in [0.2, 0.25) is 0 Å². The average molecular weight is 294 g/mol. The van der Waals surface area contributed by atoms with Crippen molar-refractivity contribution in [3.63, 3.8) is 0 Å². The van der Waals surface area contributed by atoms with Gasteiger partial charge in [0.15, 0.2) is 0 Å². The van der Waals surface area contributed by atoms with Gasteiger partial charge >= 0.3 is 5.97 Å². The molecule has 1 aliphatic rings. The highest BCUT2D eigenvalue weighted by molar-refractivity contribution is 6.34. The molecule has 0 bridgehead atoms. The van der Waals surface area contributed by atoms with Crippen molar-refractivity contribution in [3.05, 3.63) is 22.8 Å². The highest BCUT2D eigenvalue weighted by atomic mass is 35.5. The monoisotopic (exact) mass is 293 g/mol. The molecule has 5 nitrogen and oxygen atoms in total. The summed E-state index contributed by atoms with van der Waals surface area (Å²) in [6, 6.07) is 3.28. The zero-order valence-corrected chi connectivity index (χ0v) is 11.9. The molecule has 0 amide bonds. The van der Waals surface area contributed by atoms with Crippen LogP contribution in [0.3, 0.4) is 0 Å². The summed E-state index contributed by atoms with van der Waals surface area (Å²) in [5.41, 5.74) is -0.511. The molecule has 1 saturated carbocycles. The van der Waals surface area contributed by atoms with Crippen LogP contribution in [0, 0.1) is 16.7 Å². The molecule has 2 N–H and O–H groups in total. The highest BCUT2D eigenvalue weighted by Gasteiger charge is 2.43. The van der Waals surface area contributed by atoms with Crippen molar-refractivity contribution in [2.24, 2.45) is 5.41 Å². The minimum absolute atomic E-state index is 0.243. The van der Waals surface area contributed by atoms with Gasteiger partial charge < -0.3 is 10.4 Å². The average Bonchev–Trinajstić information content (AvgIpc) is 2.43. The Morgan fingerprint density at radius 1 is 1.65 bits per heavy atom. The minimum Gasteiger partial charge on any atom is -0.481 e. The zero-order chi connectivity index (χ0) is 14.8. The normalized spacial score (nSPS) is 25.8. The molecule has 1 aliphatic carbocycles. The lowest BCUT2D eigenvalue weighted by Crippen LogP contribution is -2.46. The fraction of sp³-hybridized carbons (Fsp3) is 0.500. The van der Waals surface area contributed by atoms with Crippen LogP contribution in [-0.2, 0) is 4.79 Å². The Morgan fingerprint density at radius 3 is 3.05 bits per heavy atom. The van der Waals surface area contributed by atoms with E-state index in [2.05, 4.69) is 10.3 Å². The number of pyridine rings is 1. The predicted octanol–water partition coefficient (Wildman–Crippen LogP) is 3.05. The van der Waals surface area contributed by atoms with Gasteiger partial charge in [0.05, 0.1) is 11.0 Å². The number of aliphatic carboxylic acids is 1. The number of nitrogens with zero attached hydrogens (tertiary/aromatic N) is 2. The molecule has 1 heterocycles. The number of halogens is 1. The Kier molecular flexibility index (Phi) is 4.15. The smallest absolute Gasteiger partial charge is 0.311 e. The van der Waals surface area contributed by atoms with Crippen LogP contribution >= 0.6 is 11.6 Å². The maximum atomic E-state index is 11.5. The van der Waals surface area contributed by atoms with Crippen LogP contribution in [0.15, 0.2) is 12.3 Å². The fourth-order valence-corrected chi connectivity index (χ4v) is 2.83. The topological polar surface area (TPSA) is 86.0 Å². The summed E-state index contributed by atoms with van der Waals surface area (Å²) in [6.07, 6.45) is 4.73. The number of carbonyl (C=O) groups is 1. The van der Waals surface area contributed by atoms with Crippen LogP contribution in [0.4, 0.5) is 5.82 Å². The van der Waals surface area contributed by atoms with E-state index < -0.39 is 11.4 Å². The van der Waals surface area contributed by atoms with Crippen LogP contribution in [0.25, 0.3) is 0 Å². The van der Waals surface area contributed by atoms with Crippen LogP contribution in [-0.4, -0.2) is 22.1 Å². The number of anilines is 1. The standard InChI is InChI=1S/C14H16ClN3O2/c1-14(13(19)20)6-3-2-4-10(14)18-12-11(15)9(8-16)5-7-17-12/h5,7,10H,2-4,6H2,1H3,(H,17,18)(H,19,20). The van der Waals surface area contributed by atoms with Crippen molar-refractivity contribution < 1.29 is 9.90 Å². The summed E-state index contributed by atoms with van der Waals surface area (Å²) >= 11 is 6.11. The number of nitrogens with one attached hydrogen (secondary N) is 1. The molecule has 0 saturated heterocycles. The molecular formula is C14H16ClN3O2. The number of nitriles is 1. The van der Waals surface area contributed by atoms with Gasteiger partial charge in [-0.1, -0.05) is 24.4 Å². The Balaban J connectivity index is 2.29. The van der Waals surface area contributed by atoms with E-state index >= 15 is 0 Å². The number of rotatable bonds is 3. The maximum Gasteiger partial charge on any atom is 0.311 e. The summed E-state index contributed by atoms with van der Waals surface area (Å²) in [7, 11) is 0. The first-order valence-corrected chi connectivity index (χ1v) is 6.91. The largest absolute Gasteiger partial charge is 0.481 e. The van der Waals surface area contributed by atoms with Crippen molar-refractivity contribution >= 4 is 23.4 Å². The van der Waals surface area contributed by atoms with E-state index in [1.165, 1.54) is 12.3 Å². The van der Waals surface area contributed by atoms with Gasteiger partial charge in [0, 0.05) is 12.2 Å². The fourth-order valence-electron chi connectivity index (χ4n) is 2.62. The maximum absolute atomic E-state index is 11.5. The van der Waals surface area contributed by atoms with E-state index in [0.717, 1.165) is 19.3 Å². The van der Waals surface area contributed by atoms with Crippen LogP contribution in [0.2, 0.25) is 5.02 Å². The molecule has 20 heavy (non-hydrogen) atoms. The minimum atomic E-state index is -0.841. The van der Waals surface area contributed by atoms with Gasteiger partial charge in [-0.3, -0.25) is 4.79 Å². The molecule has 0 aliphatic heterocycles. The molecule has 1 aromatic rings. The van der Waals surface area contributed by atoms with Crippen molar-refractivity contribution in [1.82, 2.24) is 4.98 Å². The van der Waals surface area contributed by atoms with Gasteiger partial charge in [-0.2, -0.15) is 5.26 Å². The van der Waals surface area contributed by atoms with Crippen LogP contribution in [0.1, 0.15) is 38.2 Å². The van der Waals surface area contributed by atoms with Gasteiger partial charge in [-0.25, -0.2) is 4.98 Å². The van der Waals surface area contributed by atoms with E-state index in [1.807, 2.05) is 6.07 Å². The Bertz CT molecular complexity index is 570. The van der Waals surface area contributed by atoms with Gasteiger partial charge in [0.1, 0.15) is 16.9 Å². The van der Waals surface area contributed by atoms with Crippen LogP contribution < -0.4 is 5.32 Å². The molecule has 106 valence electrons. The van der Waals surface area contributed by atoms with Crippen molar-refractivity contribution in [2.45, 2.75) is 38.6 Å². The summed E-state index contributed by atoms with van der Waals surface area (Å²) < 4.78 is 0. The Morgan fingerprint density at radius 2 is 2.40 bits per heavy atom. The second-order valence-electron chi connectivity index (χ2n) is 5.30. The van der Waals surface area contributed by atoms with Crippen LogP contribution in [0.5, 0.6) is 0 Å². The molecule has 2 unspecified atom stereocenters. The number of carboxylic acids is 1. The first-order valence-electron chi connectivity index (χ1n) is 6.53. The van der Waals surface area contributed by atoms with Gasteiger partial charge in [-0.05, 0) is 25.8 Å². The van der Waals surface area contributed by atoms with E-state index in [0.29, 0.717) is 17.8 Å². The lowest BCUT2D eigenvalue weighted by Gasteiger charge is -2.38. The molecule has 2 atom stereocenters. The van der Waals surface area contributed by atoms with Crippen molar-refractivity contribution in [1.29, 1.82) is 5.26 Å². The van der Waals surface area contributed by atoms with E-state index in [-0.39, 0.29) is 11.1 Å². The lowest BCUT2D eigenvalue weighted by atomic mass is 9.71. The number of hydrogen-bond acceptors (Lipinski definition) is 4. The third-order valence-corrected chi connectivity index (χ3v) is 4.40. The third-order valence-electron chi connectivity index (χ3n) is 4.02. The number of aromatic nitrogens is 1. The molecule has 2 rings (SSSR count). The van der Waals surface area contributed by atoms with Gasteiger partial charge in [0.25, 0.3) is 0 Å². The highest BCUT2D eigenvalue weighted by Crippen LogP contribution is 2.39. The second-order valence-corrected chi connectivity index (χ2v) is 5.68. The zero-order valence-electron chi connectivity index (χ0n) is 11.2. The molecule has 0 aromatic carbocycles. The summed E-state index contributed by atoms with van der Waals surface area (Å²) in [4.78, 5) is 15.7. The van der Waals surface area contributed by atoms with Crippen molar-refractivity contribution in [2.75, 3.05) is 5.32 Å². The first-order chi connectivity index (χ1) is 9.49.